The molecule has 0 heterocycles. The number of rotatable bonds is 13. The molecule has 0 aliphatic heterocycles. The van der Waals surface area contributed by atoms with E-state index in [-0.39, 0.29) is 43.5 Å². The molecule has 0 fully saturated rings. The maximum atomic E-state index is 12.8. The van der Waals surface area contributed by atoms with E-state index in [9.17, 15) is 19.2 Å². The largest absolute Gasteiger partial charge is 0.495 e. The van der Waals surface area contributed by atoms with Crippen LogP contribution in [0.4, 0.5) is 21.9 Å². The summed E-state index contributed by atoms with van der Waals surface area (Å²) in [4.78, 5) is 49.5. The van der Waals surface area contributed by atoms with Crippen molar-refractivity contribution < 1.29 is 29.0 Å². The minimum atomic E-state index is -0.931. The van der Waals surface area contributed by atoms with Crippen LogP contribution in [0.15, 0.2) is 66.7 Å². The molecule has 1 unspecified atom stereocenters. The number of ketones is 1. The summed E-state index contributed by atoms with van der Waals surface area (Å²) in [6, 6.07) is 19.2. The Bertz CT molecular complexity index is 1390. The highest BCUT2D eigenvalue weighted by Crippen LogP contribution is 2.27. The van der Waals surface area contributed by atoms with Gasteiger partial charge in [0.25, 0.3) is 0 Å². The van der Waals surface area contributed by atoms with Crippen LogP contribution in [0.25, 0.3) is 0 Å². The number of hydrogen-bond donors (Lipinski definition) is 4. The van der Waals surface area contributed by atoms with Gasteiger partial charge in [0.15, 0.2) is 5.78 Å². The fourth-order valence-electron chi connectivity index (χ4n) is 4.36. The number of benzene rings is 3. The molecule has 0 spiro atoms. The van der Waals surface area contributed by atoms with E-state index in [1.165, 1.54) is 18.9 Å². The highest BCUT2D eigenvalue weighted by Gasteiger charge is 2.17. The quantitative estimate of drug-likeness (QED) is 0.232. The molecule has 0 aromatic heterocycles. The van der Waals surface area contributed by atoms with Gasteiger partial charge in [-0.2, -0.15) is 0 Å². The number of aliphatic carboxylic acids is 1. The molecule has 10 heteroatoms. The molecular formula is C31H36N4O6. The first kappa shape index (κ1) is 30.7. The van der Waals surface area contributed by atoms with Crippen molar-refractivity contribution in [3.8, 4) is 5.75 Å². The Labute approximate surface area is 239 Å². The van der Waals surface area contributed by atoms with Crippen LogP contribution in [0.3, 0.4) is 0 Å². The van der Waals surface area contributed by atoms with Crippen molar-refractivity contribution in [2.24, 2.45) is 0 Å². The molecule has 10 nitrogen and oxygen atoms in total. The number of carboxylic acids is 1. The lowest BCUT2D eigenvalue weighted by atomic mass is 10.0. The number of ether oxygens (including phenoxy) is 1. The molecule has 3 amide bonds. The van der Waals surface area contributed by atoms with Crippen LogP contribution < -0.4 is 25.6 Å². The second-order valence-corrected chi connectivity index (χ2v) is 9.69. The SMILES string of the molecule is COc1cc(CC(=O)CNc2ccc(C(CCC(=O)O)NC(C)=O)cc2)ccc1NC(=O)N(C)c1ccccc1C. The van der Waals surface area contributed by atoms with Crippen molar-refractivity contribution in [1.29, 1.82) is 0 Å². The number of Topliss-reactive ketones (excluding diaryl/α,β-unsaturated/α-hetero) is 1. The molecule has 216 valence electrons. The number of nitrogens with zero attached hydrogens (tertiary/aromatic N) is 1. The van der Waals surface area contributed by atoms with E-state index in [0.29, 0.717) is 11.4 Å². The lowest BCUT2D eigenvalue weighted by molar-refractivity contribution is -0.137. The van der Waals surface area contributed by atoms with Crippen LogP contribution in [-0.2, 0) is 20.8 Å². The van der Waals surface area contributed by atoms with E-state index in [0.717, 1.165) is 28.1 Å². The summed E-state index contributed by atoms with van der Waals surface area (Å²) in [5.41, 5.74) is 4.50. The minimum Gasteiger partial charge on any atom is -0.495 e. The Morgan fingerprint density at radius 2 is 1.71 bits per heavy atom. The number of para-hydroxylation sites is 1. The summed E-state index contributed by atoms with van der Waals surface area (Å²) in [5.74, 6) is -0.776. The molecule has 3 rings (SSSR count). The molecule has 4 N–H and O–H groups in total. The van der Waals surface area contributed by atoms with Gasteiger partial charge >= 0.3 is 12.0 Å². The Morgan fingerprint density at radius 1 is 1.00 bits per heavy atom. The third kappa shape index (κ3) is 9.10. The number of aryl methyl sites for hydroxylation is 1. The normalized spacial score (nSPS) is 11.2. The zero-order valence-electron chi connectivity index (χ0n) is 23.7. The van der Waals surface area contributed by atoms with Crippen molar-refractivity contribution in [2.45, 2.75) is 39.2 Å². The topological polar surface area (TPSA) is 137 Å². The molecule has 0 saturated heterocycles. The van der Waals surface area contributed by atoms with Crippen LogP contribution in [0.5, 0.6) is 5.75 Å². The van der Waals surface area contributed by atoms with E-state index in [1.54, 1.807) is 49.5 Å². The number of carbonyl (C=O) groups is 4. The van der Waals surface area contributed by atoms with Crippen LogP contribution in [0.1, 0.15) is 42.5 Å². The zero-order valence-corrected chi connectivity index (χ0v) is 23.7. The van der Waals surface area contributed by atoms with Gasteiger partial charge < -0.3 is 25.8 Å². The predicted octanol–water partition coefficient (Wildman–Crippen LogP) is 4.94. The predicted molar refractivity (Wildman–Crippen MR) is 159 cm³/mol. The third-order valence-corrected chi connectivity index (χ3v) is 6.52. The van der Waals surface area contributed by atoms with Gasteiger partial charge in [0.2, 0.25) is 5.91 Å². The van der Waals surface area contributed by atoms with E-state index >= 15 is 0 Å². The van der Waals surface area contributed by atoms with Crippen molar-refractivity contribution >= 4 is 40.8 Å². The van der Waals surface area contributed by atoms with E-state index in [2.05, 4.69) is 16.0 Å². The standard InChI is InChI=1S/C31H36N4O6/c1-20-7-5-6-8-28(20)35(3)31(40)34-27-14-9-22(18-29(27)41-4)17-25(37)19-32-24-12-10-23(11-13-24)26(33-21(2)36)15-16-30(38)39/h5-14,18,26,32H,15-17,19H2,1-4H3,(H,33,36)(H,34,40)(H,38,39). The second kappa shape index (κ2) is 14.5. The number of urea groups is 1. The number of hydrogen-bond acceptors (Lipinski definition) is 6. The maximum Gasteiger partial charge on any atom is 0.326 e. The summed E-state index contributed by atoms with van der Waals surface area (Å²) in [5, 5.41) is 17.7. The van der Waals surface area contributed by atoms with Crippen molar-refractivity contribution in [2.75, 3.05) is 36.2 Å². The van der Waals surface area contributed by atoms with E-state index in [4.69, 9.17) is 9.84 Å². The Balaban J connectivity index is 1.57. The zero-order chi connectivity index (χ0) is 29.9. The highest BCUT2D eigenvalue weighted by molar-refractivity contribution is 6.02. The summed E-state index contributed by atoms with van der Waals surface area (Å²) >= 11 is 0. The first-order chi connectivity index (χ1) is 19.6. The van der Waals surface area contributed by atoms with Gasteiger partial charge in [0.05, 0.1) is 25.4 Å². The molecule has 0 aliphatic carbocycles. The fourth-order valence-corrected chi connectivity index (χ4v) is 4.36. The minimum absolute atomic E-state index is 0.0511. The van der Waals surface area contributed by atoms with Crippen LogP contribution in [0.2, 0.25) is 0 Å². The average Bonchev–Trinajstić information content (AvgIpc) is 2.94. The molecule has 1 atom stereocenters. The van der Waals surface area contributed by atoms with Crippen molar-refractivity contribution in [3.05, 3.63) is 83.4 Å². The number of nitrogens with one attached hydrogen (secondary N) is 3. The molecule has 0 radical (unpaired) electrons. The number of carbonyl (C=O) groups excluding carboxylic acids is 3. The van der Waals surface area contributed by atoms with Gasteiger partial charge in [-0.15, -0.1) is 0 Å². The van der Waals surface area contributed by atoms with E-state index in [1.807, 2.05) is 31.2 Å². The molecule has 41 heavy (non-hydrogen) atoms. The second-order valence-electron chi connectivity index (χ2n) is 9.69. The summed E-state index contributed by atoms with van der Waals surface area (Å²) in [6.45, 7) is 3.42. The van der Waals surface area contributed by atoms with Crippen molar-refractivity contribution in [1.82, 2.24) is 5.32 Å². The van der Waals surface area contributed by atoms with Crippen LogP contribution in [-0.4, -0.2) is 49.5 Å². The molecular weight excluding hydrogens is 524 g/mol. The highest BCUT2D eigenvalue weighted by atomic mass is 16.5. The maximum absolute atomic E-state index is 12.8. The van der Waals surface area contributed by atoms with E-state index < -0.39 is 12.0 Å². The Kier molecular flexibility index (Phi) is 10.9. The molecule has 0 aliphatic rings. The third-order valence-electron chi connectivity index (χ3n) is 6.52. The summed E-state index contributed by atoms with van der Waals surface area (Å²) in [6.07, 6.45) is 0.371. The first-order valence-corrected chi connectivity index (χ1v) is 13.2. The molecule has 0 bridgehead atoms. The Morgan fingerprint density at radius 3 is 2.34 bits per heavy atom. The smallest absolute Gasteiger partial charge is 0.326 e. The van der Waals surface area contributed by atoms with Gasteiger partial charge in [-0.3, -0.25) is 19.3 Å². The Hall–Kier alpha value is -4.86. The van der Waals surface area contributed by atoms with Gasteiger partial charge in [0, 0.05) is 38.2 Å². The lowest BCUT2D eigenvalue weighted by Gasteiger charge is -2.21. The van der Waals surface area contributed by atoms with Crippen molar-refractivity contribution in [3.63, 3.8) is 0 Å². The van der Waals surface area contributed by atoms with Gasteiger partial charge in [-0.05, 0) is 60.4 Å². The summed E-state index contributed by atoms with van der Waals surface area (Å²) < 4.78 is 5.47. The molecule has 0 saturated carbocycles. The first-order valence-electron chi connectivity index (χ1n) is 13.2. The number of anilines is 3. The number of carboxylic acid groups (broad SMARTS) is 1. The fraction of sp³-hybridized carbons (Fsp3) is 0.290. The number of amides is 3. The van der Waals surface area contributed by atoms with Gasteiger partial charge in [0.1, 0.15) is 5.75 Å². The van der Waals surface area contributed by atoms with Crippen LogP contribution >= 0.6 is 0 Å². The summed E-state index contributed by atoms with van der Waals surface area (Å²) in [7, 11) is 3.20. The number of methoxy groups -OCH3 is 1. The molecule has 3 aromatic carbocycles. The van der Waals surface area contributed by atoms with Gasteiger partial charge in [-0.25, -0.2) is 4.79 Å². The average molecular weight is 561 g/mol. The monoisotopic (exact) mass is 560 g/mol. The van der Waals surface area contributed by atoms with Gasteiger partial charge in [-0.1, -0.05) is 36.4 Å². The molecule has 3 aromatic rings. The lowest BCUT2D eigenvalue weighted by Crippen LogP contribution is -2.31. The van der Waals surface area contributed by atoms with Crippen LogP contribution in [0, 0.1) is 6.92 Å².